The molecule has 0 spiro atoms. The summed E-state index contributed by atoms with van der Waals surface area (Å²) in [5.41, 5.74) is 5.20. The van der Waals surface area contributed by atoms with E-state index in [1.165, 1.54) is 0 Å². The van der Waals surface area contributed by atoms with Crippen LogP contribution in [0.5, 0.6) is 0 Å². The molecule has 1 aliphatic rings. The summed E-state index contributed by atoms with van der Waals surface area (Å²) in [6, 6.07) is -0.776. The van der Waals surface area contributed by atoms with E-state index < -0.39 is 23.7 Å². The van der Waals surface area contributed by atoms with E-state index in [0.717, 1.165) is 32.1 Å². The van der Waals surface area contributed by atoms with Gasteiger partial charge in [0, 0.05) is 0 Å². The number of nitrogens with one attached hydrogen (secondary N) is 1. The zero-order chi connectivity index (χ0) is 15.2. The van der Waals surface area contributed by atoms with E-state index in [1.54, 1.807) is 0 Å². The maximum absolute atomic E-state index is 12.3. The maximum atomic E-state index is 12.3. The van der Waals surface area contributed by atoms with Crippen LogP contribution in [-0.4, -0.2) is 39.8 Å². The molecular formula is C14H26N2O4. The molecule has 0 aromatic heterocycles. The predicted molar refractivity (Wildman–Crippen MR) is 75.1 cm³/mol. The van der Waals surface area contributed by atoms with Crippen LogP contribution in [0.15, 0.2) is 0 Å². The highest BCUT2D eigenvalue weighted by Crippen LogP contribution is 2.26. The molecule has 6 nitrogen and oxygen atoms in total. The molecule has 2 atom stereocenters. The molecule has 0 aromatic rings. The summed E-state index contributed by atoms with van der Waals surface area (Å²) in [6.07, 6.45) is 4.58. The lowest BCUT2D eigenvalue weighted by molar-refractivity contribution is -0.149. The first-order valence-electron chi connectivity index (χ1n) is 7.41. The molecule has 0 bridgehead atoms. The number of aliphatic carboxylic acids is 1. The van der Waals surface area contributed by atoms with Gasteiger partial charge >= 0.3 is 5.97 Å². The number of carbonyl (C=O) groups excluding carboxylic acids is 1. The fraction of sp³-hybridized carbons (Fsp3) is 0.857. The minimum Gasteiger partial charge on any atom is -0.479 e. The van der Waals surface area contributed by atoms with Crippen LogP contribution < -0.4 is 11.1 Å². The molecule has 1 rings (SSSR count). The minimum absolute atomic E-state index is 0.335. The van der Waals surface area contributed by atoms with Gasteiger partial charge in [-0.3, -0.25) is 4.79 Å². The monoisotopic (exact) mass is 286 g/mol. The third kappa shape index (κ3) is 4.45. The molecule has 1 amide bonds. The number of nitrogens with two attached hydrogens (primary N) is 1. The van der Waals surface area contributed by atoms with E-state index in [1.807, 2.05) is 6.92 Å². The Hall–Kier alpha value is -1.14. The molecule has 0 heterocycles. The van der Waals surface area contributed by atoms with Gasteiger partial charge in [-0.15, -0.1) is 0 Å². The Balaban J connectivity index is 2.67. The van der Waals surface area contributed by atoms with Gasteiger partial charge in [-0.25, -0.2) is 4.79 Å². The van der Waals surface area contributed by atoms with Crippen molar-refractivity contribution >= 4 is 11.9 Å². The molecular weight excluding hydrogens is 260 g/mol. The largest absolute Gasteiger partial charge is 0.479 e. The second-order valence-corrected chi connectivity index (χ2v) is 5.72. The highest BCUT2D eigenvalue weighted by Gasteiger charge is 2.38. The Morgan fingerprint density at radius 2 is 1.90 bits per heavy atom. The standard InChI is InChI=1S/C14H26N2O4/c1-2-3-7-10(11(17)12(18)19)16-13(20)14(15)8-5-4-6-9-14/h10-11,17H,2-9,15H2,1H3,(H,16,20)(H,18,19)/t10-,11+/m0/s1. The third-order valence-electron chi connectivity index (χ3n) is 4.02. The van der Waals surface area contributed by atoms with Crippen molar-refractivity contribution in [3.63, 3.8) is 0 Å². The Morgan fingerprint density at radius 1 is 1.30 bits per heavy atom. The first kappa shape index (κ1) is 16.9. The van der Waals surface area contributed by atoms with Crippen molar-refractivity contribution in [2.24, 2.45) is 5.73 Å². The number of carboxylic acids is 1. The van der Waals surface area contributed by atoms with Gasteiger partial charge in [0.05, 0.1) is 11.6 Å². The highest BCUT2D eigenvalue weighted by molar-refractivity contribution is 5.87. The van der Waals surface area contributed by atoms with Gasteiger partial charge in [-0.05, 0) is 19.3 Å². The van der Waals surface area contributed by atoms with Crippen molar-refractivity contribution in [3.8, 4) is 0 Å². The normalized spacial score (nSPS) is 20.9. The van der Waals surface area contributed by atoms with Crippen molar-refractivity contribution in [2.45, 2.75) is 76.0 Å². The maximum Gasteiger partial charge on any atom is 0.334 e. The van der Waals surface area contributed by atoms with E-state index in [4.69, 9.17) is 10.8 Å². The van der Waals surface area contributed by atoms with Crippen molar-refractivity contribution in [2.75, 3.05) is 0 Å². The average Bonchev–Trinajstić information content (AvgIpc) is 2.43. The third-order valence-corrected chi connectivity index (χ3v) is 4.02. The first-order valence-corrected chi connectivity index (χ1v) is 7.41. The number of amides is 1. The number of aliphatic hydroxyl groups excluding tert-OH is 1. The topological polar surface area (TPSA) is 113 Å². The Labute approximate surface area is 119 Å². The zero-order valence-electron chi connectivity index (χ0n) is 12.1. The van der Waals surface area contributed by atoms with Crippen molar-refractivity contribution in [1.29, 1.82) is 0 Å². The minimum atomic E-state index is -1.59. The number of hydrogen-bond donors (Lipinski definition) is 4. The van der Waals surface area contributed by atoms with E-state index in [2.05, 4.69) is 5.32 Å². The summed E-state index contributed by atoms with van der Waals surface area (Å²) >= 11 is 0. The highest BCUT2D eigenvalue weighted by atomic mass is 16.4. The molecule has 0 aromatic carbocycles. The fourth-order valence-electron chi connectivity index (χ4n) is 2.63. The van der Waals surface area contributed by atoms with Gasteiger partial charge in [-0.2, -0.15) is 0 Å². The van der Waals surface area contributed by atoms with E-state index in [0.29, 0.717) is 19.3 Å². The molecule has 6 heteroatoms. The number of carboxylic acid groups (broad SMARTS) is 1. The second kappa shape index (κ2) is 7.59. The van der Waals surface area contributed by atoms with Crippen LogP contribution >= 0.6 is 0 Å². The molecule has 116 valence electrons. The molecule has 0 aliphatic heterocycles. The summed E-state index contributed by atoms with van der Waals surface area (Å²) in [5, 5.41) is 21.2. The molecule has 1 saturated carbocycles. The van der Waals surface area contributed by atoms with E-state index >= 15 is 0 Å². The van der Waals surface area contributed by atoms with Crippen molar-refractivity contribution < 1.29 is 19.8 Å². The predicted octanol–water partition coefficient (Wildman–Crippen LogP) is 0.768. The van der Waals surface area contributed by atoms with Crippen LogP contribution in [0.25, 0.3) is 0 Å². The van der Waals surface area contributed by atoms with Crippen LogP contribution in [0.1, 0.15) is 58.3 Å². The second-order valence-electron chi connectivity index (χ2n) is 5.72. The van der Waals surface area contributed by atoms with Crippen LogP contribution in [-0.2, 0) is 9.59 Å². The number of unbranched alkanes of at least 4 members (excludes halogenated alkanes) is 1. The number of rotatable bonds is 7. The Bertz CT molecular complexity index is 340. The summed E-state index contributed by atoms with van der Waals surface area (Å²) in [7, 11) is 0. The molecule has 0 saturated heterocycles. The number of hydrogen-bond acceptors (Lipinski definition) is 4. The Morgan fingerprint density at radius 3 is 2.40 bits per heavy atom. The van der Waals surface area contributed by atoms with Gasteiger partial charge in [-0.1, -0.05) is 39.0 Å². The summed E-state index contributed by atoms with van der Waals surface area (Å²) in [6.45, 7) is 1.97. The van der Waals surface area contributed by atoms with Crippen molar-refractivity contribution in [1.82, 2.24) is 5.32 Å². The molecule has 5 N–H and O–H groups in total. The molecule has 1 aliphatic carbocycles. The number of aliphatic hydroxyl groups is 1. The van der Waals surface area contributed by atoms with Crippen LogP contribution in [0.2, 0.25) is 0 Å². The van der Waals surface area contributed by atoms with E-state index in [-0.39, 0.29) is 5.91 Å². The lowest BCUT2D eigenvalue weighted by Gasteiger charge is -2.34. The van der Waals surface area contributed by atoms with Crippen LogP contribution in [0.3, 0.4) is 0 Å². The number of carbonyl (C=O) groups is 2. The smallest absolute Gasteiger partial charge is 0.334 e. The SMILES string of the molecule is CCCC[C@H](NC(=O)C1(N)CCCCC1)[C@@H](O)C(=O)O. The summed E-state index contributed by atoms with van der Waals surface area (Å²) in [4.78, 5) is 23.2. The first-order chi connectivity index (χ1) is 9.40. The van der Waals surface area contributed by atoms with Crippen molar-refractivity contribution in [3.05, 3.63) is 0 Å². The molecule has 20 heavy (non-hydrogen) atoms. The van der Waals surface area contributed by atoms with Crippen LogP contribution in [0, 0.1) is 0 Å². The summed E-state index contributed by atoms with van der Waals surface area (Å²) < 4.78 is 0. The summed E-state index contributed by atoms with van der Waals surface area (Å²) in [5.74, 6) is -1.65. The fourth-order valence-corrected chi connectivity index (χ4v) is 2.63. The quantitative estimate of drug-likeness (QED) is 0.552. The lowest BCUT2D eigenvalue weighted by Crippen LogP contribution is -2.59. The van der Waals surface area contributed by atoms with Gasteiger partial charge in [0.15, 0.2) is 6.10 Å². The van der Waals surface area contributed by atoms with Gasteiger partial charge in [0.2, 0.25) is 5.91 Å². The molecule has 1 fully saturated rings. The van der Waals surface area contributed by atoms with Gasteiger partial charge in [0.1, 0.15) is 0 Å². The average molecular weight is 286 g/mol. The van der Waals surface area contributed by atoms with E-state index in [9.17, 15) is 14.7 Å². The van der Waals surface area contributed by atoms with Gasteiger partial charge in [0.25, 0.3) is 0 Å². The zero-order valence-corrected chi connectivity index (χ0v) is 12.1. The lowest BCUT2D eigenvalue weighted by atomic mass is 9.81. The molecule has 0 unspecified atom stereocenters. The Kier molecular flexibility index (Phi) is 6.42. The van der Waals surface area contributed by atoms with Crippen LogP contribution in [0.4, 0.5) is 0 Å². The molecule has 0 radical (unpaired) electrons. The van der Waals surface area contributed by atoms with Gasteiger partial charge < -0.3 is 21.3 Å².